The number of hydrogen-bond donors (Lipinski definition) is 4. The second-order valence-corrected chi connectivity index (χ2v) is 23.3. The molecule has 0 aromatic heterocycles. The number of rotatable bonds is 19. The van der Waals surface area contributed by atoms with Gasteiger partial charge in [0, 0.05) is 32.3 Å². The number of nitrogens with one attached hydrogen (secondary N) is 1. The van der Waals surface area contributed by atoms with Crippen LogP contribution in [0.2, 0.25) is 0 Å². The van der Waals surface area contributed by atoms with E-state index in [2.05, 4.69) is 5.32 Å². The predicted molar refractivity (Wildman–Crippen MR) is 271 cm³/mol. The van der Waals surface area contributed by atoms with Crippen molar-refractivity contribution in [2.75, 3.05) is 38.4 Å². The van der Waals surface area contributed by atoms with Crippen LogP contribution in [-0.4, -0.2) is 161 Å². The van der Waals surface area contributed by atoms with Gasteiger partial charge in [0.1, 0.15) is 59.8 Å². The Hall–Kier alpha value is -5.56. The molecular formula is C53H67NO20S2. The van der Waals surface area contributed by atoms with Crippen LogP contribution in [0.1, 0.15) is 97.1 Å². The van der Waals surface area contributed by atoms with Gasteiger partial charge < -0.3 is 63.3 Å². The summed E-state index contributed by atoms with van der Waals surface area (Å²) in [5.74, 6) is -9.12. The molecule has 1 heterocycles. The first-order valence-electron chi connectivity index (χ1n) is 24.6. The Morgan fingerprint density at radius 1 is 0.868 bits per heavy atom. The summed E-state index contributed by atoms with van der Waals surface area (Å²) in [4.78, 5) is 110. The van der Waals surface area contributed by atoms with Crippen molar-refractivity contribution in [2.24, 2.45) is 16.7 Å². The lowest BCUT2D eigenvalue weighted by atomic mass is 9.44. The molecule has 2 aromatic carbocycles. The number of alkyl carbamates (subject to hydrolysis) is 1. The maximum Gasteiger partial charge on any atom is 0.408 e. The van der Waals surface area contributed by atoms with Crippen molar-refractivity contribution in [2.45, 2.75) is 141 Å². The van der Waals surface area contributed by atoms with Crippen molar-refractivity contribution in [3.8, 4) is 0 Å². The minimum atomic E-state index is -2.48. The number of amides is 1. The summed E-state index contributed by atoms with van der Waals surface area (Å²) in [5, 5.41) is 40.9. The van der Waals surface area contributed by atoms with E-state index >= 15 is 9.59 Å². The van der Waals surface area contributed by atoms with E-state index in [1.165, 1.54) is 66.0 Å². The minimum Gasteiger partial charge on any atom is -0.461 e. The first-order chi connectivity index (χ1) is 35.6. The number of carbonyl (C=O) groups excluding carboxylic acids is 8. The molecule has 0 radical (unpaired) electrons. The zero-order chi connectivity index (χ0) is 56.1. The molecule has 1 aliphatic heterocycles. The monoisotopic (exact) mass is 1100 g/mol. The summed E-state index contributed by atoms with van der Waals surface area (Å²) >= 11 is 0. The molecule has 23 heteroatoms. The quantitative estimate of drug-likeness (QED) is 0.0501. The lowest BCUT2D eigenvalue weighted by Crippen LogP contribution is -2.81. The van der Waals surface area contributed by atoms with Crippen molar-refractivity contribution in [1.29, 1.82) is 0 Å². The number of fused-ring (bicyclic) bond motifs is 5. The highest BCUT2D eigenvalue weighted by atomic mass is 33.1. The molecule has 2 aromatic rings. The number of carbonyl (C=O) groups is 8. The molecule has 416 valence electrons. The topological polar surface area (TPSA) is 292 Å². The van der Waals surface area contributed by atoms with Gasteiger partial charge in [-0.3, -0.25) is 19.2 Å². The summed E-state index contributed by atoms with van der Waals surface area (Å²) in [6.45, 7) is 12.9. The van der Waals surface area contributed by atoms with E-state index in [0.717, 1.165) is 28.5 Å². The third-order valence-corrected chi connectivity index (χ3v) is 16.5. The van der Waals surface area contributed by atoms with Crippen LogP contribution in [0.3, 0.4) is 0 Å². The van der Waals surface area contributed by atoms with E-state index < -0.39 is 142 Å². The van der Waals surface area contributed by atoms with Crippen LogP contribution in [0.5, 0.6) is 0 Å². The second-order valence-electron chi connectivity index (χ2n) is 20.9. The molecule has 12 atom stereocenters. The molecule has 2 bridgehead atoms. The number of aliphatic hydroxyl groups is 3. The van der Waals surface area contributed by atoms with Gasteiger partial charge >= 0.3 is 41.9 Å². The fourth-order valence-electron chi connectivity index (χ4n) is 10.6. The Morgan fingerprint density at radius 3 is 2.04 bits per heavy atom. The summed E-state index contributed by atoms with van der Waals surface area (Å²) in [7, 11) is 3.14. The summed E-state index contributed by atoms with van der Waals surface area (Å²) in [6, 6.07) is 14.1. The number of methoxy groups -OCH3 is 1. The number of ether oxygens (including phenoxy) is 9. The van der Waals surface area contributed by atoms with Crippen LogP contribution in [0.4, 0.5) is 4.79 Å². The van der Waals surface area contributed by atoms with E-state index in [4.69, 9.17) is 42.6 Å². The maximum absolute atomic E-state index is 15.3. The summed E-state index contributed by atoms with van der Waals surface area (Å²) in [5.41, 5.74) is -8.99. The molecule has 1 amide bonds. The van der Waals surface area contributed by atoms with Crippen LogP contribution >= 0.6 is 21.6 Å². The zero-order valence-corrected chi connectivity index (χ0v) is 45.7. The molecule has 3 fully saturated rings. The highest BCUT2D eigenvalue weighted by Gasteiger charge is 2.78. The number of Topliss-reactive ketones (excluding diaryl/α,β-unsaturated/α-hetero) is 1. The van der Waals surface area contributed by atoms with Crippen molar-refractivity contribution in [3.63, 3.8) is 0 Å². The molecule has 21 nitrogen and oxygen atoms in total. The Labute approximate surface area is 448 Å². The smallest absolute Gasteiger partial charge is 0.408 e. The van der Waals surface area contributed by atoms with Gasteiger partial charge in [-0.05, 0) is 70.4 Å². The lowest BCUT2D eigenvalue weighted by Gasteiger charge is -2.67. The van der Waals surface area contributed by atoms with Gasteiger partial charge in [-0.1, -0.05) is 84.0 Å². The highest BCUT2D eigenvalue weighted by molar-refractivity contribution is 8.77. The average Bonchev–Trinajstić information content (AvgIpc) is 3.34. The largest absolute Gasteiger partial charge is 0.461 e. The fraction of sp³-hybridized carbons (Fsp3) is 0.585. The Bertz CT molecular complexity index is 2540. The van der Waals surface area contributed by atoms with Gasteiger partial charge in [0.2, 0.25) is 6.10 Å². The fourth-order valence-corrected chi connectivity index (χ4v) is 12.2. The highest BCUT2D eigenvalue weighted by Crippen LogP contribution is 2.64. The van der Waals surface area contributed by atoms with Gasteiger partial charge in [0.15, 0.2) is 17.5 Å². The Balaban J connectivity index is 1.40. The molecule has 4 N–H and O–H groups in total. The van der Waals surface area contributed by atoms with E-state index in [1.54, 1.807) is 57.2 Å². The number of benzene rings is 2. The second kappa shape index (κ2) is 24.0. The number of hydrogen-bond acceptors (Lipinski definition) is 22. The standard InChI is InChI=1S/C53H67NO20S2/c1-28-33(70-47(63)41(39(31-17-13-11-14-18-31)54-48(64)74-49(4,5)6)71-37(58)26-76-75-25-36(57)69-29(2)45(61)67-22-21-66-10)24-53(65)44(72-46(62)32-19-15-12-16-20-32)42-51(9,43(60)40(59)38(28)50(53,7)8)34(56)23-35-52(42,27-68-35)73-30(3)55/h11-20,29,33-35,39-42,44,56,59,65H,21-27H2,1-10H3,(H,54,64). The Kier molecular flexibility index (Phi) is 18.8. The van der Waals surface area contributed by atoms with Crippen LogP contribution in [0.25, 0.3) is 0 Å². The maximum atomic E-state index is 15.3. The van der Waals surface area contributed by atoms with Crippen molar-refractivity contribution in [3.05, 3.63) is 82.9 Å². The van der Waals surface area contributed by atoms with Crippen molar-refractivity contribution in [1.82, 2.24) is 5.32 Å². The third kappa shape index (κ3) is 12.4. The van der Waals surface area contributed by atoms with Gasteiger partial charge in [-0.15, -0.1) is 0 Å². The minimum absolute atomic E-state index is 0.0280. The van der Waals surface area contributed by atoms with Crippen molar-refractivity contribution < 1.29 is 96.3 Å². The lowest BCUT2D eigenvalue weighted by molar-refractivity contribution is -0.346. The number of esters is 6. The molecule has 12 unspecified atom stereocenters. The SMILES string of the molecule is COCCOC(=O)C(C)OC(=O)CSSCC(=O)OC(C(=O)OC1CC2(O)C(OC(=O)c3ccccc3)C3C4(OC(C)=O)COC4CC(O)C3(C)C(=O)C(O)C(=C1C)C2(C)C)C(NC(=O)OC(C)(C)C)c1ccccc1. The third-order valence-electron chi connectivity index (χ3n) is 14.4. The molecule has 76 heavy (non-hydrogen) atoms. The Morgan fingerprint density at radius 2 is 1.47 bits per heavy atom. The van der Waals surface area contributed by atoms with Crippen LogP contribution in [0.15, 0.2) is 71.8 Å². The normalized spacial score (nSPS) is 28.7. The van der Waals surface area contributed by atoms with Gasteiger partial charge in [0.25, 0.3) is 0 Å². The molecule has 6 rings (SSSR count). The first-order valence-corrected chi connectivity index (χ1v) is 27.1. The van der Waals surface area contributed by atoms with Gasteiger partial charge in [-0.2, -0.15) is 0 Å². The molecule has 3 aliphatic carbocycles. The van der Waals surface area contributed by atoms with E-state index in [1.807, 2.05) is 0 Å². The van der Waals surface area contributed by atoms with Crippen LogP contribution in [0, 0.1) is 16.7 Å². The van der Waals surface area contributed by atoms with Gasteiger partial charge in [0.05, 0.1) is 36.2 Å². The van der Waals surface area contributed by atoms with Crippen molar-refractivity contribution >= 4 is 69.3 Å². The van der Waals surface area contributed by atoms with E-state index in [0.29, 0.717) is 0 Å². The number of ketones is 1. The predicted octanol–water partition coefficient (Wildman–Crippen LogP) is 4.31. The molecule has 2 saturated carbocycles. The molecular weight excluding hydrogens is 1030 g/mol. The first kappa shape index (κ1) is 59.7. The zero-order valence-electron chi connectivity index (χ0n) is 44.0. The van der Waals surface area contributed by atoms with Crippen LogP contribution < -0.4 is 5.32 Å². The van der Waals surface area contributed by atoms with E-state index in [-0.39, 0.29) is 54.3 Å². The van der Waals surface area contributed by atoms with Gasteiger partial charge in [-0.25, -0.2) is 19.2 Å². The molecule has 1 saturated heterocycles. The van der Waals surface area contributed by atoms with E-state index in [9.17, 15) is 44.1 Å². The summed E-state index contributed by atoms with van der Waals surface area (Å²) in [6.07, 6.45) is -13.5. The molecule has 4 aliphatic rings. The summed E-state index contributed by atoms with van der Waals surface area (Å²) < 4.78 is 51.0. The van der Waals surface area contributed by atoms with Crippen LogP contribution in [-0.2, 0) is 71.4 Å². The average molecular weight is 1100 g/mol. The molecule has 0 spiro atoms. The number of aliphatic hydroxyl groups excluding tert-OH is 2.